The number of hydrogen-bond donors (Lipinski definition) is 1. The summed E-state index contributed by atoms with van der Waals surface area (Å²) in [6.45, 7) is 1.93. The van der Waals surface area contributed by atoms with E-state index in [1.54, 1.807) is 0 Å². The molecular formula is C26H27NO2. The van der Waals surface area contributed by atoms with Gasteiger partial charge in [0.2, 0.25) is 5.91 Å². The third-order valence-electron chi connectivity index (χ3n) is 5.92. The molecule has 1 fully saturated rings. The summed E-state index contributed by atoms with van der Waals surface area (Å²) in [6, 6.07) is 28.6. The zero-order valence-electron chi connectivity index (χ0n) is 16.7. The molecule has 1 unspecified atom stereocenters. The maximum atomic E-state index is 12.9. The van der Waals surface area contributed by atoms with Gasteiger partial charge in [-0.1, -0.05) is 91.9 Å². The molecule has 1 saturated heterocycles. The van der Waals surface area contributed by atoms with Crippen LogP contribution in [0.3, 0.4) is 0 Å². The number of likely N-dealkylation sites (tertiary alicyclic amines) is 1. The van der Waals surface area contributed by atoms with Crippen LogP contribution in [-0.4, -0.2) is 28.6 Å². The molecule has 0 aliphatic carbocycles. The van der Waals surface area contributed by atoms with Crippen LogP contribution in [0.1, 0.15) is 30.5 Å². The lowest BCUT2D eigenvalue weighted by atomic mass is 9.97. The minimum atomic E-state index is -0.290. The Morgan fingerprint density at radius 3 is 2.10 bits per heavy atom. The van der Waals surface area contributed by atoms with Crippen molar-refractivity contribution in [3.8, 4) is 11.1 Å². The van der Waals surface area contributed by atoms with Crippen molar-refractivity contribution < 1.29 is 9.90 Å². The number of aliphatic hydroxyl groups excluding tert-OH is 1. The van der Waals surface area contributed by atoms with Crippen molar-refractivity contribution in [2.24, 2.45) is 5.92 Å². The summed E-state index contributed by atoms with van der Waals surface area (Å²) < 4.78 is 0. The van der Waals surface area contributed by atoms with Gasteiger partial charge >= 0.3 is 0 Å². The molecule has 0 radical (unpaired) electrons. The minimum Gasteiger partial charge on any atom is -0.394 e. The second kappa shape index (κ2) is 8.62. The van der Waals surface area contributed by atoms with E-state index in [9.17, 15) is 9.90 Å². The highest BCUT2D eigenvalue weighted by Gasteiger charge is 2.40. The van der Waals surface area contributed by atoms with Crippen molar-refractivity contribution in [2.75, 3.05) is 6.61 Å². The Bertz CT molecular complexity index is 937. The number of nitrogens with zero attached hydrogens (tertiary/aromatic N) is 1. The van der Waals surface area contributed by atoms with Gasteiger partial charge in [-0.3, -0.25) is 4.79 Å². The molecule has 3 aromatic carbocycles. The third kappa shape index (κ3) is 4.10. The lowest BCUT2D eigenvalue weighted by Gasteiger charge is -2.33. The molecule has 3 heteroatoms. The first-order valence-corrected chi connectivity index (χ1v) is 10.3. The first kappa shape index (κ1) is 19.4. The summed E-state index contributed by atoms with van der Waals surface area (Å²) in [6.07, 6.45) is 1.62. The molecule has 3 aromatic rings. The number of hydrogen-bond acceptors (Lipinski definition) is 2. The maximum absolute atomic E-state index is 12.9. The van der Waals surface area contributed by atoms with Crippen molar-refractivity contribution in [1.29, 1.82) is 0 Å². The predicted molar refractivity (Wildman–Crippen MR) is 116 cm³/mol. The van der Waals surface area contributed by atoms with Gasteiger partial charge < -0.3 is 10.0 Å². The van der Waals surface area contributed by atoms with E-state index in [1.165, 1.54) is 16.7 Å². The van der Waals surface area contributed by atoms with Crippen molar-refractivity contribution in [2.45, 2.75) is 31.8 Å². The average molecular weight is 386 g/mol. The fraction of sp³-hybridized carbons (Fsp3) is 0.269. The first-order valence-electron chi connectivity index (χ1n) is 10.3. The van der Waals surface area contributed by atoms with Gasteiger partial charge in [0.15, 0.2) is 0 Å². The maximum Gasteiger partial charge on any atom is 0.226 e. The zero-order chi connectivity index (χ0) is 20.2. The van der Waals surface area contributed by atoms with Crippen molar-refractivity contribution >= 4 is 5.91 Å². The monoisotopic (exact) mass is 385 g/mol. The van der Waals surface area contributed by atoms with E-state index >= 15 is 0 Å². The van der Waals surface area contributed by atoms with Crippen LogP contribution in [0.5, 0.6) is 0 Å². The number of carbonyl (C=O) groups excluding carboxylic acids is 1. The third-order valence-corrected chi connectivity index (χ3v) is 5.92. The highest BCUT2D eigenvalue weighted by Crippen LogP contribution is 2.35. The minimum absolute atomic E-state index is 0.0126. The van der Waals surface area contributed by atoms with Crippen LogP contribution in [-0.2, 0) is 11.2 Å². The fourth-order valence-electron chi connectivity index (χ4n) is 4.41. The summed E-state index contributed by atoms with van der Waals surface area (Å²) in [7, 11) is 0. The van der Waals surface area contributed by atoms with Crippen LogP contribution >= 0.6 is 0 Å². The number of rotatable bonds is 6. The number of benzene rings is 3. The molecule has 0 saturated carbocycles. The lowest BCUT2D eigenvalue weighted by Crippen LogP contribution is -2.40. The summed E-state index contributed by atoms with van der Waals surface area (Å²) in [5.41, 5.74) is 4.60. The molecule has 3 nitrogen and oxygen atoms in total. The van der Waals surface area contributed by atoms with E-state index in [1.807, 2.05) is 60.4 Å². The molecule has 1 aliphatic heterocycles. The predicted octanol–water partition coefficient (Wildman–Crippen LogP) is 4.87. The smallest absolute Gasteiger partial charge is 0.226 e. The van der Waals surface area contributed by atoms with Crippen LogP contribution in [0, 0.1) is 5.92 Å². The quantitative estimate of drug-likeness (QED) is 0.658. The van der Waals surface area contributed by atoms with E-state index in [4.69, 9.17) is 0 Å². The summed E-state index contributed by atoms with van der Waals surface area (Å²) >= 11 is 0. The molecule has 4 rings (SSSR count). The fourth-order valence-corrected chi connectivity index (χ4v) is 4.41. The molecule has 0 aromatic heterocycles. The van der Waals surface area contributed by atoms with Crippen LogP contribution in [0.15, 0.2) is 84.9 Å². The molecule has 1 heterocycles. The Labute approximate surface area is 172 Å². The molecule has 1 amide bonds. The Balaban J connectivity index is 1.56. The second-order valence-electron chi connectivity index (χ2n) is 7.91. The second-order valence-corrected chi connectivity index (χ2v) is 7.91. The van der Waals surface area contributed by atoms with E-state index < -0.39 is 0 Å². The Kier molecular flexibility index (Phi) is 5.77. The van der Waals surface area contributed by atoms with E-state index in [0.29, 0.717) is 0 Å². The molecular weight excluding hydrogens is 358 g/mol. The van der Waals surface area contributed by atoms with Gasteiger partial charge in [0.25, 0.3) is 0 Å². The van der Waals surface area contributed by atoms with Crippen molar-refractivity contribution in [3.63, 3.8) is 0 Å². The van der Waals surface area contributed by atoms with Crippen LogP contribution in [0.4, 0.5) is 0 Å². The number of aliphatic hydroxyl groups is 1. The summed E-state index contributed by atoms with van der Waals surface area (Å²) in [4.78, 5) is 14.9. The van der Waals surface area contributed by atoms with Gasteiger partial charge in [0.05, 0.1) is 12.6 Å². The zero-order valence-corrected chi connectivity index (χ0v) is 16.7. The molecule has 0 spiro atoms. The number of amides is 1. The SMILES string of the molecule is C[C@@H]1CC(Cc2ccc(-c3ccccc3)cc2)N([C@@H](CO)c2ccccc2)C1=O. The van der Waals surface area contributed by atoms with Gasteiger partial charge in [-0.05, 0) is 35.1 Å². The molecule has 148 valence electrons. The highest BCUT2D eigenvalue weighted by molar-refractivity contribution is 5.81. The first-order chi connectivity index (χ1) is 14.2. The lowest BCUT2D eigenvalue weighted by molar-refractivity contribution is -0.135. The van der Waals surface area contributed by atoms with E-state index in [-0.39, 0.29) is 30.5 Å². The standard InChI is InChI=1S/C26H27NO2/c1-19-16-24(27(26(19)29)25(18-28)23-10-6-3-7-11-23)17-20-12-14-22(15-13-20)21-8-4-2-5-9-21/h2-15,19,24-25,28H,16-18H2,1H3/t19-,24?,25+/m1/s1. The van der Waals surface area contributed by atoms with Gasteiger partial charge in [-0.25, -0.2) is 0 Å². The van der Waals surface area contributed by atoms with Crippen LogP contribution in [0.2, 0.25) is 0 Å². The Morgan fingerprint density at radius 1 is 0.897 bits per heavy atom. The van der Waals surface area contributed by atoms with E-state index in [0.717, 1.165) is 18.4 Å². The molecule has 3 atom stereocenters. The van der Waals surface area contributed by atoms with Crippen molar-refractivity contribution in [1.82, 2.24) is 4.90 Å². The highest BCUT2D eigenvalue weighted by atomic mass is 16.3. The summed E-state index contributed by atoms with van der Waals surface area (Å²) in [5.74, 6) is 0.125. The van der Waals surface area contributed by atoms with Crippen LogP contribution < -0.4 is 0 Å². The topological polar surface area (TPSA) is 40.5 Å². The van der Waals surface area contributed by atoms with Gasteiger partial charge in [0, 0.05) is 12.0 Å². The molecule has 0 bridgehead atoms. The van der Waals surface area contributed by atoms with Crippen molar-refractivity contribution in [3.05, 3.63) is 96.1 Å². The molecule has 1 aliphatic rings. The van der Waals surface area contributed by atoms with Gasteiger partial charge in [-0.15, -0.1) is 0 Å². The van der Waals surface area contributed by atoms with Gasteiger partial charge in [0.1, 0.15) is 0 Å². The Morgan fingerprint density at radius 2 is 1.48 bits per heavy atom. The van der Waals surface area contributed by atoms with E-state index in [2.05, 4.69) is 36.4 Å². The normalized spacial score (nSPS) is 20.1. The number of carbonyl (C=O) groups is 1. The van der Waals surface area contributed by atoms with Gasteiger partial charge in [-0.2, -0.15) is 0 Å². The molecule has 29 heavy (non-hydrogen) atoms. The Hall–Kier alpha value is -2.91. The average Bonchev–Trinajstić information content (AvgIpc) is 3.04. The van der Waals surface area contributed by atoms with Crippen LogP contribution in [0.25, 0.3) is 11.1 Å². The summed E-state index contributed by atoms with van der Waals surface area (Å²) in [5, 5.41) is 10.1. The largest absolute Gasteiger partial charge is 0.394 e. The molecule has 1 N–H and O–H groups in total.